The van der Waals surface area contributed by atoms with Crippen LogP contribution in [-0.4, -0.2) is 57.7 Å². The van der Waals surface area contributed by atoms with E-state index in [9.17, 15) is 0 Å². The average molecular weight is 178 g/mol. The van der Waals surface area contributed by atoms with E-state index in [1.165, 1.54) is 0 Å². The van der Waals surface area contributed by atoms with Crippen molar-refractivity contribution in [3.05, 3.63) is 0 Å². The molecule has 6 nitrogen and oxygen atoms in total. The third-order valence-electron chi connectivity index (χ3n) is 1.90. The van der Waals surface area contributed by atoms with E-state index in [0.717, 1.165) is 0 Å². The Balaban J connectivity index is 2.63. The van der Waals surface area contributed by atoms with E-state index in [1.807, 2.05) is 0 Å². The molecule has 0 aliphatic carbocycles. The summed E-state index contributed by atoms with van der Waals surface area (Å²) < 4.78 is 4.64. The summed E-state index contributed by atoms with van der Waals surface area (Å²) in [4.78, 5) is 0. The highest BCUT2D eigenvalue weighted by atomic mass is 16.6. The number of aliphatic hydroxyl groups excluding tert-OH is 4. The molecular formula is C6H12NO5. The second-order valence-electron chi connectivity index (χ2n) is 2.75. The van der Waals surface area contributed by atoms with Gasteiger partial charge in [0.15, 0.2) is 6.29 Å². The minimum Gasteiger partial charge on any atom is -0.394 e. The molecular weight excluding hydrogens is 166 g/mol. The van der Waals surface area contributed by atoms with Crippen LogP contribution in [0.4, 0.5) is 0 Å². The van der Waals surface area contributed by atoms with Crippen molar-refractivity contribution in [1.29, 1.82) is 0 Å². The van der Waals surface area contributed by atoms with Gasteiger partial charge < -0.3 is 25.2 Å². The molecule has 0 aromatic heterocycles. The highest BCUT2D eigenvalue weighted by molar-refractivity contribution is 4.90. The Morgan fingerprint density at radius 1 is 1.17 bits per heavy atom. The maximum atomic E-state index is 9.16. The molecule has 12 heavy (non-hydrogen) atoms. The summed E-state index contributed by atoms with van der Waals surface area (Å²) in [6.45, 7) is -0.498. The molecule has 1 heterocycles. The number of rotatable bonds is 1. The molecule has 1 aliphatic rings. The first kappa shape index (κ1) is 9.85. The molecule has 0 amide bonds. The van der Waals surface area contributed by atoms with Crippen LogP contribution in [0.5, 0.6) is 0 Å². The molecule has 0 bridgehead atoms. The summed E-state index contributed by atoms with van der Waals surface area (Å²) in [5, 5.41) is 35.9. The number of hydrogen-bond donors (Lipinski definition) is 4. The first-order chi connectivity index (χ1) is 5.57. The van der Waals surface area contributed by atoms with Gasteiger partial charge in [0.1, 0.15) is 24.4 Å². The molecule has 0 aromatic carbocycles. The molecule has 2 unspecified atom stereocenters. The summed E-state index contributed by atoms with van der Waals surface area (Å²) in [5.41, 5.74) is 7.11. The van der Waals surface area contributed by atoms with Gasteiger partial charge >= 0.3 is 0 Å². The topological polar surface area (TPSA) is 114 Å². The van der Waals surface area contributed by atoms with Crippen molar-refractivity contribution in [3.63, 3.8) is 0 Å². The molecule has 0 saturated carbocycles. The Morgan fingerprint density at radius 3 is 2.25 bits per heavy atom. The molecule has 1 saturated heterocycles. The molecule has 0 spiro atoms. The number of hydrogen-bond acceptors (Lipinski definition) is 5. The van der Waals surface area contributed by atoms with Gasteiger partial charge in [-0.05, 0) is 0 Å². The predicted octanol–water partition coefficient (Wildman–Crippen LogP) is -2.93. The molecule has 1 rings (SSSR count). The van der Waals surface area contributed by atoms with Crippen LogP contribution < -0.4 is 5.73 Å². The van der Waals surface area contributed by atoms with Gasteiger partial charge in [0.25, 0.3) is 0 Å². The van der Waals surface area contributed by atoms with Crippen LogP contribution in [0, 0.1) is 0 Å². The zero-order valence-electron chi connectivity index (χ0n) is 6.29. The summed E-state index contributed by atoms with van der Waals surface area (Å²) in [7, 11) is 0. The lowest BCUT2D eigenvalue weighted by Gasteiger charge is -2.37. The van der Waals surface area contributed by atoms with Crippen LogP contribution >= 0.6 is 0 Å². The van der Waals surface area contributed by atoms with Crippen molar-refractivity contribution in [1.82, 2.24) is 5.73 Å². The molecule has 5 atom stereocenters. The Labute approximate surface area is 69.2 Å². The monoisotopic (exact) mass is 178 g/mol. The van der Waals surface area contributed by atoms with E-state index in [0.29, 0.717) is 0 Å². The fourth-order valence-electron chi connectivity index (χ4n) is 1.10. The number of nitrogens with one attached hydrogen (secondary N) is 1. The summed E-state index contributed by atoms with van der Waals surface area (Å²) in [6, 6.07) is -1.29. The Hall–Kier alpha value is -0.240. The van der Waals surface area contributed by atoms with Crippen molar-refractivity contribution in [2.75, 3.05) is 6.61 Å². The van der Waals surface area contributed by atoms with Gasteiger partial charge in [-0.2, -0.15) is 0 Å². The van der Waals surface area contributed by atoms with Crippen molar-refractivity contribution in [2.45, 2.75) is 30.6 Å². The summed E-state index contributed by atoms with van der Waals surface area (Å²) in [5.74, 6) is 0. The van der Waals surface area contributed by atoms with Gasteiger partial charge in [0.2, 0.25) is 0 Å². The molecule has 5 N–H and O–H groups in total. The molecule has 0 aromatic rings. The minimum absolute atomic E-state index is 0.498. The van der Waals surface area contributed by atoms with Gasteiger partial charge in [-0.1, -0.05) is 0 Å². The second kappa shape index (κ2) is 3.65. The van der Waals surface area contributed by atoms with Crippen molar-refractivity contribution in [2.24, 2.45) is 0 Å². The maximum absolute atomic E-state index is 9.16. The fourth-order valence-corrected chi connectivity index (χ4v) is 1.10. The largest absolute Gasteiger partial charge is 0.394 e. The van der Waals surface area contributed by atoms with Gasteiger partial charge in [-0.3, -0.25) is 0 Å². The lowest BCUT2D eigenvalue weighted by molar-refractivity contribution is -0.250. The molecule has 1 fully saturated rings. The van der Waals surface area contributed by atoms with Crippen LogP contribution in [0.2, 0.25) is 0 Å². The van der Waals surface area contributed by atoms with Gasteiger partial charge in [0, 0.05) is 0 Å². The molecule has 1 aliphatic heterocycles. The quantitative estimate of drug-likeness (QED) is 0.343. The predicted molar refractivity (Wildman–Crippen MR) is 36.9 cm³/mol. The van der Waals surface area contributed by atoms with Crippen LogP contribution in [-0.2, 0) is 4.74 Å². The minimum atomic E-state index is -1.46. The standard InChI is InChI=1S/C6H12NO5/c7-3-5(10)4(9)2(1-8)12-6(3)11/h2-11H,1H2/t2?,3?,4-,5-,6-/m1/s1. The van der Waals surface area contributed by atoms with Gasteiger partial charge in [-0.25, -0.2) is 5.73 Å². The lowest BCUT2D eigenvalue weighted by atomic mass is 9.98. The smallest absolute Gasteiger partial charge is 0.174 e. The third-order valence-corrected chi connectivity index (χ3v) is 1.90. The first-order valence-corrected chi connectivity index (χ1v) is 3.59. The van der Waals surface area contributed by atoms with Crippen molar-refractivity contribution >= 4 is 0 Å². The maximum Gasteiger partial charge on any atom is 0.174 e. The Bertz CT molecular complexity index is 150. The summed E-state index contributed by atoms with van der Waals surface area (Å²) >= 11 is 0. The van der Waals surface area contributed by atoms with E-state index in [2.05, 4.69) is 4.74 Å². The van der Waals surface area contributed by atoms with E-state index < -0.39 is 37.3 Å². The first-order valence-electron chi connectivity index (χ1n) is 3.59. The Morgan fingerprint density at radius 2 is 1.75 bits per heavy atom. The second-order valence-corrected chi connectivity index (χ2v) is 2.75. The SMILES string of the molecule is [NH]C1[C@H](O)OC(CO)[C@@H](O)[C@@H]1O. The normalized spacial score (nSPS) is 49.2. The van der Waals surface area contributed by atoms with E-state index >= 15 is 0 Å². The van der Waals surface area contributed by atoms with Crippen LogP contribution in [0.3, 0.4) is 0 Å². The molecule has 71 valence electrons. The summed E-state index contributed by atoms with van der Waals surface area (Å²) in [6.07, 6.45) is -5.18. The van der Waals surface area contributed by atoms with Crippen LogP contribution in [0.25, 0.3) is 0 Å². The van der Waals surface area contributed by atoms with Crippen molar-refractivity contribution in [3.8, 4) is 0 Å². The van der Waals surface area contributed by atoms with Crippen molar-refractivity contribution < 1.29 is 25.2 Å². The van der Waals surface area contributed by atoms with Crippen LogP contribution in [0.15, 0.2) is 0 Å². The lowest BCUT2D eigenvalue weighted by Crippen LogP contribution is -2.59. The fraction of sp³-hybridized carbons (Fsp3) is 1.00. The van der Waals surface area contributed by atoms with E-state index in [1.54, 1.807) is 0 Å². The molecule has 6 heteroatoms. The Kier molecular flexibility index (Phi) is 2.99. The number of aliphatic hydroxyl groups is 4. The van der Waals surface area contributed by atoms with Crippen LogP contribution in [0.1, 0.15) is 0 Å². The average Bonchev–Trinajstić information content (AvgIpc) is 2.08. The van der Waals surface area contributed by atoms with E-state index in [4.69, 9.17) is 26.2 Å². The molecule has 1 radical (unpaired) electrons. The zero-order chi connectivity index (χ0) is 9.30. The van der Waals surface area contributed by atoms with Gasteiger partial charge in [-0.15, -0.1) is 0 Å². The highest BCUT2D eigenvalue weighted by Crippen LogP contribution is 2.18. The third kappa shape index (κ3) is 1.58. The van der Waals surface area contributed by atoms with Gasteiger partial charge in [0.05, 0.1) is 6.61 Å². The zero-order valence-corrected chi connectivity index (χ0v) is 6.29. The highest BCUT2D eigenvalue weighted by Gasteiger charge is 2.41. The number of ether oxygens (including phenoxy) is 1. The van der Waals surface area contributed by atoms with E-state index in [-0.39, 0.29) is 0 Å².